The van der Waals surface area contributed by atoms with E-state index < -0.39 is 0 Å². The van der Waals surface area contributed by atoms with Crippen molar-refractivity contribution in [3.63, 3.8) is 0 Å². The van der Waals surface area contributed by atoms with Gasteiger partial charge in [0.2, 0.25) is 0 Å². The van der Waals surface area contributed by atoms with Gasteiger partial charge in [0.05, 0.1) is 11.4 Å². The van der Waals surface area contributed by atoms with E-state index in [1.807, 2.05) is 48.9 Å². The lowest BCUT2D eigenvalue weighted by molar-refractivity contribution is 0.560. The third-order valence-electron chi connectivity index (χ3n) is 2.74. The SMILES string of the molecule is CCn1c(C)c(N)c(=O)n1-c1ccccc1. The molecule has 0 atom stereocenters. The summed E-state index contributed by atoms with van der Waals surface area (Å²) >= 11 is 0. The Morgan fingerprint density at radius 3 is 2.44 bits per heavy atom. The van der Waals surface area contributed by atoms with E-state index in [0.717, 1.165) is 11.4 Å². The second-order valence-corrected chi connectivity index (χ2v) is 3.67. The van der Waals surface area contributed by atoms with Gasteiger partial charge in [-0.2, -0.15) is 0 Å². The lowest BCUT2D eigenvalue weighted by Crippen LogP contribution is -2.21. The molecule has 0 saturated heterocycles. The van der Waals surface area contributed by atoms with Crippen LogP contribution in [0.25, 0.3) is 5.69 Å². The Morgan fingerprint density at radius 2 is 1.88 bits per heavy atom. The number of para-hydroxylation sites is 1. The maximum Gasteiger partial charge on any atom is 0.294 e. The third-order valence-corrected chi connectivity index (χ3v) is 2.74. The van der Waals surface area contributed by atoms with Gasteiger partial charge in [-0.05, 0) is 26.0 Å². The molecule has 0 radical (unpaired) electrons. The Bertz CT molecular complexity index is 552. The fourth-order valence-corrected chi connectivity index (χ4v) is 1.87. The predicted octanol–water partition coefficient (Wildman–Crippen LogP) is 1.55. The average molecular weight is 217 g/mol. The molecule has 0 bridgehead atoms. The van der Waals surface area contributed by atoms with E-state index in [1.54, 1.807) is 4.68 Å². The van der Waals surface area contributed by atoms with Crippen molar-refractivity contribution in [2.45, 2.75) is 20.4 Å². The van der Waals surface area contributed by atoms with Gasteiger partial charge in [-0.25, -0.2) is 4.68 Å². The molecule has 0 spiro atoms. The topological polar surface area (TPSA) is 52.9 Å². The minimum absolute atomic E-state index is 0.148. The normalized spacial score (nSPS) is 10.6. The Hall–Kier alpha value is -1.97. The van der Waals surface area contributed by atoms with Crippen LogP contribution in [0.3, 0.4) is 0 Å². The number of hydrogen-bond acceptors (Lipinski definition) is 2. The second kappa shape index (κ2) is 3.89. The third kappa shape index (κ3) is 1.43. The highest BCUT2D eigenvalue weighted by Gasteiger charge is 2.13. The first-order valence-corrected chi connectivity index (χ1v) is 5.30. The summed E-state index contributed by atoms with van der Waals surface area (Å²) in [6.45, 7) is 4.57. The van der Waals surface area contributed by atoms with Crippen LogP contribution in [0, 0.1) is 6.92 Å². The average Bonchev–Trinajstić information content (AvgIpc) is 2.54. The van der Waals surface area contributed by atoms with Crippen LogP contribution in [0.15, 0.2) is 35.1 Å². The first kappa shape index (κ1) is 10.5. The largest absolute Gasteiger partial charge is 0.393 e. The zero-order valence-electron chi connectivity index (χ0n) is 9.47. The molecule has 0 fully saturated rings. The molecule has 2 rings (SSSR count). The highest BCUT2D eigenvalue weighted by Crippen LogP contribution is 2.11. The summed E-state index contributed by atoms with van der Waals surface area (Å²) < 4.78 is 3.50. The van der Waals surface area contributed by atoms with Crippen molar-refractivity contribution in [1.29, 1.82) is 0 Å². The van der Waals surface area contributed by atoms with Gasteiger partial charge in [0.1, 0.15) is 5.69 Å². The summed E-state index contributed by atoms with van der Waals surface area (Å²) in [5.74, 6) is 0. The zero-order valence-corrected chi connectivity index (χ0v) is 9.47. The molecule has 0 amide bonds. The molecule has 1 heterocycles. The minimum Gasteiger partial charge on any atom is -0.393 e. The number of anilines is 1. The quantitative estimate of drug-likeness (QED) is 0.829. The molecule has 84 valence electrons. The molecule has 0 saturated carbocycles. The summed E-state index contributed by atoms with van der Waals surface area (Å²) in [6.07, 6.45) is 0. The van der Waals surface area contributed by atoms with E-state index >= 15 is 0 Å². The first-order valence-electron chi connectivity index (χ1n) is 5.30. The van der Waals surface area contributed by atoms with Crippen LogP contribution in [0.2, 0.25) is 0 Å². The first-order chi connectivity index (χ1) is 7.66. The number of rotatable bonds is 2. The van der Waals surface area contributed by atoms with Crippen molar-refractivity contribution in [2.75, 3.05) is 5.73 Å². The predicted molar refractivity (Wildman–Crippen MR) is 64.9 cm³/mol. The van der Waals surface area contributed by atoms with Crippen molar-refractivity contribution >= 4 is 5.69 Å². The lowest BCUT2D eigenvalue weighted by atomic mass is 10.3. The van der Waals surface area contributed by atoms with Crippen LogP contribution < -0.4 is 11.3 Å². The highest BCUT2D eigenvalue weighted by molar-refractivity contribution is 5.44. The summed E-state index contributed by atoms with van der Waals surface area (Å²) in [7, 11) is 0. The van der Waals surface area contributed by atoms with E-state index in [2.05, 4.69) is 0 Å². The molecule has 0 aliphatic heterocycles. The Morgan fingerprint density at radius 1 is 1.25 bits per heavy atom. The highest BCUT2D eigenvalue weighted by atomic mass is 16.1. The van der Waals surface area contributed by atoms with E-state index in [-0.39, 0.29) is 5.56 Å². The molecule has 0 aliphatic rings. The number of nitrogen functional groups attached to an aromatic ring is 1. The molecular formula is C12H15N3O. The molecule has 4 nitrogen and oxygen atoms in total. The molecule has 0 unspecified atom stereocenters. The van der Waals surface area contributed by atoms with Crippen molar-refractivity contribution in [1.82, 2.24) is 9.36 Å². The summed E-state index contributed by atoms with van der Waals surface area (Å²) in [5, 5.41) is 0. The van der Waals surface area contributed by atoms with Crippen molar-refractivity contribution in [3.8, 4) is 5.69 Å². The number of nitrogens with zero attached hydrogens (tertiary/aromatic N) is 2. The monoisotopic (exact) mass is 217 g/mol. The second-order valence-electron chi connectivity index (χ2n) is 3.67. The van der Waals surface area contributed by atoms with Crippen LogP contribution >= 0.6 is 0 Å². The summed E-state index contributed by atoms with van der Waals surface area (Å²) in [6, 6.07) is 9.52. The van der Waals surface area contributed by atoms with Gasteiger partial charge in [-0.1, -0.05) is 18.2 Å². The smallest absolute Gasteiger partial charge is 0.294 e. The van der Waals surface area contributed by atoms with Gasteiger partial charge in [-0.15, -0.1) is 0 Å². The van der Waals surface area contributed by atoms with E-state index in [0.29, 0.717) is 12.2 Å². The van der Waals surface area contributed by atoms with Crippen LogP contribution in [0.1, 0.15) is 12.6 Å². The van der Waals surface area contributed by atoms with E-state index in [9.17, 15) is 4.79 Å². The standard InChI is InChI=1S/C12H15N3O/c1-3-14-9(2)11(13)12(16)15(14)10-7-5-4-6-8-10/h4-8H,3,13H2,1-2H3. The van der Waals surface area contributed by atoms with Crippen molar-refractivity contribution in [2.24, 2.45) is 0 Å². The van der Waals surface area contributed by atoms with Gasteiger partial charge in [-0.3, -0.25) is 9.48 Å². The molecule has 2 aromatic rings. The van der Waals surface area contributed by atoms with Gasteiger partial charge in [0.25, 0.3) is 5.56 Å². The molecule has 2 N–H and O–H groups in total. The van der Waals surface area contributed by atoms with Crippen molar-refractivity contribution < 1.29 is 0 Å². The van der Waals surface area contributed by atoms with Crippen LogP contribution in [-0.2, 0) is 6.54 Å². The fourth-order valence-electron chi connectivity index (χ4n) is 1.87. The fraction of sp³-hybridized carbons (Fsp3) is 0.250. The Kier molecular flexibility index (Phi) is 2.56. The van der Waals surface area contributed by atoms with Crippen molar-refractivity contribution in [3.05, 3.63) is 46.4 Å². The lowest BCUT2D eigenvalue weighted by Gasteiger charge is -2.10. The minimum atomic E-state index is -0.148. The number of aromatic nitrogens is 2. The number of nitrogens with two attached hydrogens (primary N) is 1. The van der Waals surface area contributed by atoms with Gasteiger partial charge >= 0.3 is 0 Å². The number of benzene rings is 1. The molecule has 1 aromatic carbocycles. The molecule has 4 heteroatoms. The molecule has 1 aromatic heterocycles. The van der Waals surface area contributed by atoms with E-state index in [1.165, 1.54) is 0 Å². The molecule has 16 heavy (non-hydrogen) atoms. The molecule has 0 aliphatic carbocycles. The molecular weight excluding hydrogens is 202 g/mol. The Labute approximate surface area is 93.9 Å². The van der Waals surface area contributed by atoms with Gasteiger partial charge in [0, 0.05) is 6.54 Å². The van der Waals surface area contributed by atoms with Gasteiger partial charge in [0.15, 0.2) is 0 Å². The summed E-state index contributed by atoms with van der Waals surface area (Å²) in [5.41, 5.74) is 7.60. The zero-order chi connectivity index (χ0) is 11.7. The van der Waals surface area contributed by atoms with Crippen LogP contribution in [0.5, 0.6) is 0 Å². The summed E-state index contributed by atoms with van der Waals surface area (Å²) in [4.78, 5) is 12.0. The number of hydrogen-bond donors (Lipinski definition) is 1. The maximum absolute atomic E-state index is 12.0. The van der Waals surface area contributed by atoms with Gasteiger partial charge < -0.3 is 5.73 Å². The van der Waals surface area contributed by atoms with Crippen LogP contribution in [-0.4, -0.2) is 9.36 Å². The van der Waals surface area contributed by atoms with E-state index in [4.69, 9.17) is 5.73 Å². The maximum atomic E-state index is 12.0. The Balaban J connectivity index is 2.75. The van der Waals surface area contributed by atoms with Crippen LogP contribution in [0.4, 0.5) is 5.69 Å².